The molecule has 2 heterocycles. The minimum absolute atomic E-state index is 0.108. The topological polar surface area (TPSA) is 58.6 Å². The maximum absolute atomic E-state index is 12.5. The predicted octanol–water partition coefficient (Wildman–Crippen LogP) is 3.91. The lowest BCUT2D eigenvalue weighted by molar-refractivity contribution is -0.132. The van der Waals surface area contributed by atoms with E-state index in [2.05, 4.69) is 9.88 Å². The summed E-state index contributed by atoms with van der Waals surface area (Å²) in [5, 5.41) is 0.663. The predicted molar refractivity (Wildman–Crippen MR) is 118 cm³/mol. The summed E-state index contributed by atoms with van der Waals surface area (Å²) in [6.07, 6.45) is 2.14. The molecule has 7 heteroatoms. The monoisotopic (exact) mass is 422 g/mol. The molecule has 30 heavy (non-hydrogen) atoms. The Morgan fingerprint density at radius 3 is 2.43 bits per heavy atom. The van der Waals surface area contributed by atoms with E-state index >= 15 is 0 Å². The SMILES string of the molecule is O=C(CCOc1ccc(Cl)cc1)N1CCN(c2ccnc(-c3ccccc3)n2)CC1. The molecule has 1 saturated heterocycles. The van der Waals surface area contributed by atoms with Gasteiger partial charge in [0.15, 0.2) is 5.82 Å². The van der Waals surface area contributed by atoms with Crippen LogP contribution in [-0.4, -0.2) is 53.6 Å². The van der Waals surface area contributed by atoms with E-state index in [1.807, 2.05) is 41.3 Å². The fourth-order valence-corrected chi connectivity index (χ4v) is 3.51. The molecule has 4 rings (SSSR count). The second-order valence-electron chi connectivity index (χ2n) is 7.02. The molecule has 154 valence electrons. The van der Waals surface area contributed by atoms with Crippen LogP contribution in [0.25, 0.3) is 11.4 Å². The molecule has 0 N–H and O–H groups in total. The highest BCUT2D eigenvalue weighted by Crippen LogP contribution is 2.20. The Balaban J connectivity index is 1.27. The Hall–Kier alpha value is -3.12. The number of anilines is 1. The minimum atomic E-state index is 0.108. The Bertz CT molecular complexity index is 974. The summed E-state index contributed by atoms with van der Waals surface area (Å²) in [6.45, 7) is 3.19. The zero-order valence-corrected chi connectivity index (χ0v) is 17.3. The third-order valence-corrected chi connectivity index (χ3v) is 5.28. The maximum Gasteiger partial charge on any atom is 0.226 e. The fraction of sp³-hybridized carbons (Fsp3) is 0.261. The van der Waals surface area contributed by atoms with Crippen LogP contribution in [0, 0.1) is 0 Å². The third kappa shape index (κ3) is 5.07. The number of hydrogen-bond acceptors (Lipinski definition) is 5. The van der Waals surface area contributed by atoms with Crippen molar-refractivity contribution in [3.05, 3.63) is 71.9 Å². The second-order valence-corrected chi connectivity index (χ2v) is 7.46. The number of aromatic nitrogens is 2. The largest absolute Gasteiger partial charge is 0.493 e. The van der Waals surface area contributed by atoms with E-state index < -0.39 is 0 Å². The second kappa shape index (κ2) is 9.59. The minimum Gasteiger partial charge on any atom is -0.493 e. The number of piperazine rings is 1. The van der Waals surface area contributed by atoms with Crippen LogP contribution in [-0.2, 0) is 4.79 Å². The normalized spacial score (nSPS) is 13.9. The number of carbonyl (C=O) groups excluding carboxylic acids is 1. The van der Waals surface area contributed by atoms with Crippen molar-refractivity contribution in [1.82, 2.24) is 14.9 Å². The molecule has 1 aliphatic heterocycles. The van der Waals surface area contributed by atoms with Crippen molar-refractivity contribution >= 4 is 23.3 Å². The Labute approximate surface area is 181 Å². The highest BCUT2D eigenvalue weighted by atomic mass is 35.5. The van der Waals surface area contributed by atoms with Gasteiger partial charge in [-0.1, -0.05) is 41.9 Å². The van der Waals surface area contributed by atoms with Gasteiger partial charge in [-0.2, -0.15) is 0 Å². The summed E-state index contributed by atoms with van der Waals surface area (Å²) in [5.74, 6) is 2.43. The molecule has 1 fully saturated rings. The maximum atomic E-state index is 12.5. The van der Waals surface area contributed by atoms with Crippen molar-refractivity contribution in [3.8, 4) is 17.1 Å². The van der Waals surface area contributed by atoms with E-state index in [1.165, 1.54) is 0 Å². The molecule has 0 spiro atoms. The zero-order chi connectivity index (χ0) is 20.8. The highest BCUT2D eigenvalue weighted by molar-refractivity contribution is 6.30. The number of hydrogen-bond donors (Lipinski definition) is 0. The summed E-state index contributed by atoms with van der Waals surface area (Å²) in [6, 6.07) is 19.0. The molecular formula is C23H23ClN4O2. The summed E-state index contributed by atoms with van der Waals surface area (Å²) in [4.78, 5) is 25.7. The smallest absolute Gasteiger partial charge is 0.226 e. The molecule has 6 nitrogen and oxygen atoms in total. The van der Waals surface area contributed by atoms with Gasteiger partial charge in [-0.3, -0.25) is 4.79 Å². The van der Waals surface area contributed by atoms with Gasteiger partial charge in [-0.15, -0.1) is 0 Å². The molecule has 0 atom stereocenters. The fourth-order valence-electron chi connectivity index (χ4n) is 3.38. The van der Waals surface area contributed by atoms with Crippen molar-refractivity contribution in [2.45, 2.75) is 6.42 Å². The first-order chi connectivity index (χ1) is 14.7. The van der Waals surface area contributed by atoms with Crippen LogP contribution in [0.15, 0.2) is 66.9 Å². The summed E-state index contributed by atoms with van der Waals surface area (Å²) in [7, 11) is 0. The van der Waals surface area contributed by atoms with E-state index in [9.17, 15) is 4.79 Å². The molecule has 0 aliphatic carbocycles. The van der Waals surface area contributed by atoms with Gasteiger partial charge in [0.25, 0.3) is 0 Å². The first-order valence-corrected chi connectivity index (χ1v) is 10.4. The highest BCUT2D eigenvalue weighted by Gasteiger charge is 2.22. The number of nitrogens with zero attached hydrogens (tertiary/aromatic N) is 4. The Morgan fingerprint density at radius 1 is 0.967 bits per heavy atom. The van der Waals surface area contributed by atoms with E-state index in [0.29, 0.717) is 37.0 Å². The van der Waals surface area contributed by atoms with Gasteiger partial charge >= 0.3 is 0 Å². The number of carbonyl (C=O) groups is 1. The van der Waals surface area contributed by atoms with E-state index in [-0.39, 0.29) is 5.91 Å². The summed E-state index contributed by atoms with van der Waals surface area (Å²) in [5.41, 5.74) is 0.994. The molecule has 0 bridgehead atoms. The van der Waals surface area contributed by atoms with Crippen molar-refractivity contribution in [2.24, 2.45) is 0 Å². The van der Waals surface area contributed by atoms with Gasteiger partial charge < -0.3 is 14.5 Å². The Kier molecular flexibility index (Phi) is 6.44. The molecule has 1 aliphatic rings. The van der Waals surface area contributed by atoms with Crippen LogP contribution in [0.2, 0.25) is 5.02 Å². The van der Waals surface area contributed by atoms with Crippen molar-refractivity contribution in [3.63, 3.8) is 0 Å². The van der Waals surface area contributed by atoms with Gasteiger partial charge in [0.05, 0.1) is 13.0 Å². The lowest BCUT2D eigenvalue weighted by Gasteiger charge is -2.35. The zero-order valence-electron chi connectivity index (χ0n) is 16.6. The van der Waals surface area contributed by atoms with Gasteiger partial charge in [0.1, 0.15) is 11.6 Å². The number of amides is 1. The van der Waals surface area contributed by atoms with Crippen LogP contribution < -0.4 is 9.64 Å². The lowest BCUT2D eigenvalue weighted by atomic mass is 10.2. The number of rotatable bonds is 6. The van der Waals surface area contributed by atoms with Gasteiger partial charge in [-0.05, 0) is 30.3 Å². The average Bonchev–Trinajstić information content (AvgIpc) is 2.81. The van der Waals surface area contributed by atoms with Crippen molar-refractivity contribution < 1.29 is 9.53 Å². The van der Waals surface area contributed by atoms with E-state index in [0.717, 1.165) is 30.2 Å². The van der Waals surface area contributed by atoms with Gasteiger partial charge in [0, 0.05) is 43.0 Å². The van der Waals surface area contributed by atoms with E-state index in [4.69, 9.17) is 21.3 Å². The number of benzene rings is 2. The number of halogens is 1. The van der Waals surface area contributed by atoms with Crippen molar-refractivity contribution in [2.75, 3.05) is 37.7 Å². The molecule has 3 aromatic rings. The Morgan fingerprint density at radius 2 is 1.70 bits per heavy atom. The summed E-state index contributed by atoms with van der Waals surface area (Å²) >= 11 is 5.87. The van der Waals surface area contributed by atoms with E-state index in [1.54, 1.807) is 30.5 Å². The molecule has 0 radical (unpaired) electrons. The summed E-state index contributed by atoms with van der Waals surface area (Å²) < 4.78 is 5.63. The third-order valence-electron chi connectivity index (χ3n) is 5.03. The van der Waals surface area contributed by atoms with Crippen LogP contribution in [0.1, 0.15) is 6.42 Å². The molecule has 0 saturated carbocycles. The van der Waals surface area contributed by atoms with Crippen LogP contribution >= 0.6 is 11.6 Å². The molecule has 0 unspecified atom stereocenters. The lowest BCUT2D eigenvalue weighted by Crippen LogP contribution is -2.49. The quantitative estimate of drug-likeness (QED) is 0.602. The van der Waals surface area contributed by atoms with Crippen LogP contribution in [0.4, 0.5) is 5.82 Å². The first-order valence-electron chi connectivity index (χ1n) is 9.98. The average molecular weight is 423 g/mol. The number of ether oxygens (including phenoxy) is 1. The molecule has 1 amide bonds. The first kappa shape index (κ1) is 20.2. The molecular weight excluding hydrogens is 400 g/mol. The standard InChI is InChI=1S/C23H23ClN4O2/c24-19-6-8-20(9-7-19)30-17-11-22(29)28-15-13-27(14-16-28)21-10-12-25-23(26-21)18-4-2-1-3-5-18/h1-10,12H,11,13-17H2. The molecule has 2 aromatic carbocycles. The van der Waals surface area contributed by atoms with Gasteiger partial charge in [0.2, 0.25) is 5.91 Å². The van der Waals surface area contributed by atoms with Crippen molar-refractivity contribution in [1.29, 1.82) is 0 Å². The van der Waals surface area contributed by atoms with Crippen LogP contribution in [0.5, 0.6) is 5.75 Å². The molecule has 1 aromatic heterocycles. The van der Waals surface area contributed by atoms with Crippen LogP contribution in [0.3, 0.4) is 0 Å². The van der Waals surface area contributed by atoms with Gasteiger partial charge in [-0.25, -0.2) is 9.97 Å².